The summed E-state index contributed by atoms with van der Waals surface area (Å²) >= 11 is 5.91. The normalized spacial score (nSPS) is 15.0. The van der Waals surface area contributed by atoms with Gasteiger partial charge in [-0.2, -0.15) is 5.10 Å². The second kappa shape index (κ2) is 10.4. The Morgan fingerprint density at radius 1 is 0.794 bits per heavy atom. The highest BCUT2D eigenvalue weighted by molar-refractivity contribution is 7.71. The summed E-state index contributed by atoms with van der Waals surface area (Å²) in [6.45, 7) is 8.66. The van der Waals surface area contributed by atoms with Crippen LogP contribution in [0.5, 0.6) is 0 Å². The molecule has 2 aromatic heterocycles. The predicted octanol–water partition coefficient (Wildman–Crippen LogP) is 4.61. The Kier molecular flexibility index (Phi) is 6.94. The van der Waals surface area contributed by atoms with Gasteiger partial charge in [0.25, 0.3) is 0 Å². The maximum absolute atomic E-state index is 5.91. The van der Waals surface area contributed by atoms with Crippen LogP contribution >= 0.6 is 12.2 Å². The molecular formula is C27H30N6S. The molecule has 0 N–H and O–H groups in total. The molecule has 0 unspecified atom stereocenters. The summed E-state index contributed by atoms with van der Waals surface area (Å²) in [6, 6.07) is 23.2. The van der Waals surface area contributed by atoms with E-state index in [1.165, 1.54) is 16.7 Å². The van der Waals surface area contributed by atoms with Crippen LogP contribution < -0.4 is 0 Å². The van der Waals surface area contributed by atoms with Crippen molar-refractivity contribution in [1.29, 1.82) is 0 Å². The quantitative estimate of drug-likeness (QED) is 0.369. The molecule has 1 aliphatic heterocycles. The van der Waals surface area contributed by atoms with Crippen LogP contribution in [-0.4, -0.2) is 55.3 Å². The van der Waals surface area contributed by atoms with Crippen molar-refractivity contribution >= 4 is 12.2 Å². The highest BCUT2D eigenvalue weighted by Crippen LogP contribution is 2.20. The zero-order valence-electron chi connectivity index (χ0n) is 19.5. The Balaban J connectivity index is 1.31. The number of nitrogens with zero attached hydrogens (tertiary/aromatic N) is 6. The van der Waals surface area contributed by atoms with Crippen LogP contribution in [0.4, 0.5) is 0 Å². The van der Waals surface area contributed by atoms with E-state index in [-0.39, 0.29) is 0 Å². The third kappa shape index (κ3) is 5.33. The molecule has 4 aromatic rings. The lowest BCUT2D eigenvalue weighted by atomic mass is 10.1. The van der Waals surface area contributed by atoms with Gasteiger partial charge in [0.05, 0.1) is 13.2 Å². The molecule has 1 fully saturated rings. The first kappa shape index (κ1) is 22.7. The molecule has 2 aromatic carbocycles. The van der Waals surface area contributed by atoms with E-state index < -0.39 is 0 Å². The summed E-state index contributed by atoms with van der Waals surface area (Å²) in [7, 11) is 0. The van der Waals surface area contributed by atoms with Crippen molar-refractivity contribution < 1.29 is 0 Å². The zero-order valence-corrected chi connectivity index (χ0v) is 20.4. The summed E-state index contributed by atoms with van der Waals surface area (Å²) in [5, 5.41) is 4.96. The molecule has 1 aliphatic rings. The Morgan fingerprint density at radius 3 is 2.24 bits per heavy atom. The van der Waals surface area contributed by atoms with Crippen LogP contribution in [0.15, 0.2) is 79.1 Å². The van der Waals surface area contributed by atoms with Gasteiger partial charge in [-0.3, -0.25) is 19.4 Å². The number of aromatic nitrogens is 4. The average Bonchev–Trinajstić information content (AvgIpc) is 3.16. The molecule has 7 heteroatoms. The fraction of sp³-hybridized carbons (Fsp3) is 0.296. The summed E-state index contributed by atoms with van der Waals surface area (Å²) in [5.41, 5.74) is 4.94. The van der Waals surface area contributed by atoms with Gasteiger partial charge in [-0.15, -0.1) is 0 Å². The number of hydrogen-bond acceptors (Lipinski definition) is 5. The maximum atomic E-state index is 5.91. The molecule has 0 spiro atoms. The van der Waals surface area contributed by atoms with Gasteiger partial charge < -0.3 is 0 Å². The molecule has 0 radical (unpaired) electrons. The molecular weight excluding hydrogens is 440 g/mol. The third-order valence-electron chi connectivity index (χ3n) is 6.33. The van der Waals surface area contributed by atoms with Crippen molar-refractivity contribution in [3.05, 3.63) is 101 Å². The van der Waals surface area contributed by atoms with E-state index in [4.69, 9.17) is 17.3 Å². The average molecular weight is 471 g/mol. The van der Waals surface area contributed by atoms with Crippen LogP contribution in [0.2, 0.25) is 0 Å². The number of pyridine rings is 1. The van der Waals surface area contributed by atoms with Crippen molar-refractivity contribution in [1.82, 2.24) is 29.1 Å². The first-order chi connectivity index (χ1) is 16.7. The lowest BCUT2D eigenvalue weighted by Gasteiger charge is -2.34. The molecule has 0 saturated carbocycles. The molecule has 0 amide bonds. The number of aryl methyl sites for hydroxylation is 1. The van der Waals surface area contributed by atoms with Gasteiger partial charge in [-0.05, 0) is 42.4 Å². The molecule has 1 saturated heterocycles. The van der Waals surface area contributed by atoms with Crippen molar-refractivity contribution in [3.8, 4) is 11.4 Å². The van der Waals surface area contributed by atoms with Crippen molar-refractivity contribution in [3.63, 3.8) is 0 Å². The van der Waals surface area contributed by atoms with Gasteiger partial charge in [0.1, 0.15) is 0 Å². The SMILES string of the molecule is Cc1cccc(CN2CCN(Cn3nc(-c4ccncc4)n(Cc4ccccc4)c3=S)CC2)c1. The van der Waals surface area contributed by atoms with E-state index in [2.05, 4.69) is 74.8 Å². The summed E-state index contributed by atoms with van der Waals surface area (Å²) in [4.78, 5) is 9.14. The highest BCUT2D eigenvalue weighted by Gasteiger charge is 2.20. The topological polar surface area (TPSA) is 42.1 Å². The molecule has 0 aliphatic carbocycles. The maximum Gasteiger partial charge on any atom is 0.199 e. The van der Waals surface area contributed by atoms with E-state index in [0.717, 1.165) is 48.9 Å². The number of benzene rings is 2. The summed E-state index contributed by atoms with van der Waals surface area (Å²) < 4.78 is 4.86. The summed E-state index contributed by atoms with van der Waals surface area (Å²) in [6.07, 6.45) is 3.61. The minimum atomic E-state index is 0.696. The fourth-order valence-corrected chi connectivity index (χ4v) is 4.75. The predicted molar refractivity (Wildman–Crippen MR) is 138 cm³/mol. The lowest BCUT2D eigenvalue weighted by molar-refractivity contribution is 0.0980. The van der Waals surface area contributed by atoms with Crippen molar-refractivity contribution in [2.24, 2.45) is 0 Å². The largest absolute Gasteiger partial charge is 0.297 e. The van der Waals surface area contributed by atoms with E-state index in [1.54, 1.807) is 12.4 Å². The second-order valence-electron chi connectivity index (χ2n) is 8.94. The minimum absolute atomic E-state index is 0.696. The van der Waals surface area contributed by atoms with Crippen LogP contribution in [-0.2, 0) is 19.8 Å². The molecule has 34 heavy (non-hydrogen) atoms. The molecule has 174 valence electrons. The van der Waals surface area contributed by atoms with Crippen LogP contribution in [0.1, 0.15) is 16.7 Å². The van der Waals surface area contributed by atoms with Gasteiger partial charge in [-0.25, -0.2) is 4.68 Å². The van der Waals surface area contributed by atoms with Crippen molar-refractivity contribution in [2.45, 2.75) is 26.7 Å². The lowest BCUT2D eigenvalue weighted by Crippen LogP contribution is -2.46. The minimum Gasteiger partial charge on any atom is -0.297 e. The Labute approximate surface area is 206 Å². The fourth-order valence-electron chi connectivity index (χ4n) is 4.50. The zero-order chi connectivity index (χ0) is 23.3. The van der Waals surface area contributed by atoms with E-state index in [1.807, 2.05) is 22.9 Å². The number of piperazine rings is 1. The molecule has 0 bridgehead atoms. The van der Waals surface area contributed by atoms with Gasteiger partial charge in [0.15, 0.2) is 10.6 Å². The molecule has 6 nitrogen and oxygen atoms in total. The molecule has 0 atom stereocenters. The van der Waals surface area contributed by atoms with Crippen LogP contribution in [0, 0.1) is 11.7 Å². The highest BCUT2D eigenvalue weighted by atomic mass is 32.1. The second-order valence-corrected chi connectivity index (χ2v) is 9.30. The number of rotatable bonds is 7. The Bertz CT molecular complexity index is 1270. The Hall–Kier alpha value is -3.13. The van der Waals surface area contributed by atoms with E-state index >= 15 is 0 Å². The van der Waals surface area contributed by atoms with E-state index in [0.29, 0.717) is 13.2 Å². The van der Waals surface area contributed by atoms with Gasteiger partial charge in [0, 0.05) is 50.7 Å². The monoisotopic (exact) mass is 470 g/mol. The molecule has 5 rings (SSSR count). The number of hydrogen-bond donors (Lipinski definition) is 0. The first-order valence-corrected chi connectivity index (χ1v) is 12.2. The standard InChI is InChI=1S/C27H30N6S/c1-22-6-5-9-24(18-22)19-30-14-16-31(17-15-30)21-33-27(34)32(20-23-7-3-2-4-8-23)26(29-33)25-10-12-28-13-11-25/h2-13,18H,14-17,19-21H2,1H3. The van der Waals surface area contributed by atoms with Gasteiger partial charge in [0.2, 0.25) is 0 Å². The smallest absolute Gasteiger partial charge is 0.199 e. The van der Waals surface area contributed by atoms with Gasteiger partial charge in [-0.1, -0.05) is 60.2 Å². The van der Waals surface area contributed by atoms with Gasteiger partial charge >= 0.3 is 0 Å². The van der Waals surface area contributed by atoms with Crippen molar-refractivity contribution in [2.75, 3.05) is 26.2 Å². The van der Waals surface area contributed by atoms with Crippen LogP contribution in [0.3, 0.4) is 0 Å². The summed E-state index contributed by atoms with van der Waals surface area (Å²) in [5.74, 6) is 0.884. The first-order valence-electron chi connectivity index (χ1n) is 11.8. The molecule has 3 heterocycles. The van der Waals surface area contributed by atoms with Crippen LogP contribution in [0.25, 0.3) is 11.4 Å². The van der Waals surface area contributed by atoms with E-state index in [9.17, 15) is 0 Å². The third-order valence-corrected chi connectivity index (χ3v) is 6.76. The Morgan fingerprint density at radius 2 is 1.50 bits per heavy atom.